The molecule has 1 nitrogen and oxygen atoms in total. The third kappa shape index (κ3) is 2.57. The van der Waals surface area contributed by atoms with Crippen LogP contribution < -0.4 is 0 Å². The number of benzene rings is 3. The Labute approximate surface area is 160 Å². The first kappa shape index (κ1) is 16.3. The summed E-state index contributed by atoms with van der Waals surface area (Å²) in [4.78, 5) is 4.84. The summed E-state index contributed by atoms with van der Waals surface area (Å²) >= 11 is 0. The van der Waals surface area contributed by atoms with Crippen LogP contribution in [0.2, 0.25) is 0 Å². The van der Waals surface area contributed by atoms with Gasteiger partial charge in [0.1, 0.15) is 0 Å². The fourth-order valence-electron chi connectivity index (χ4n) is 4.43. The maximum Gasteiger partial charge on any atom is 0.0792 e. The molecular weight excluding hydrogens is 326 g/mol. The molecule has 1 heteroatoms. The Morgan fingerprint density at radius 1 is 0.778 bits per heavy atom. The van der Waals surface area contributed by atoms with Gasteiger partial charge in [-0.05, 0) is 58.5 Å². The van der Waals surface area contributed by atoms with Crippen molar-refractivity contribution < 1.29 is 0 Å². The van der Waals surface area contributed by atoms with E-state index in [0.29, 0.717) is 5.92 Å². The quantitative estimate of drug-likeness (QED) is 0.332. The third-order valence-corrected chi connectivity index (χ3v) is 5.50. The van der Waals surface area contributed by atoms with E-state index in [1.54, 1.807) is 0 Å². The second-order valence-corrected chi connectivity index (χ2v) is 8.09. The SMILES string of the molecule is Cc1ccc2c(c1)-c1ccccc1-c1cc(CC(C)C)cc3ccnc-2c13. The number of rotatable bonds is 2. The molecule has 1 aromatic heterocycles. The molecule has 0 bridgehead atoms. The lowest BCUT2D eigenvalue weighted by Crippen LogP contribution is -1.96. The molecule has 0 saturated carbocycles. The van der Waals surface area contributed by atoms with Gasteiger partial charge in [0.15, 0.2) is 0 Å². The zero-order valence-electron chi connectivity index (χ0n) is 16.1. The lowest BCUT2D eigenvalue weighted by Gasteiger charge is -2.14. The van der Waals surface area contributed by atoms with Gasteiger partial charge in [-0.15, -0.1) is 0 Å². The van der Waals surface area contributed by atoms with E-state index in [0.717, 1.165) is 12.1 Å². The highest BCUT2D eigenvalue weighted by molar-refractivity contribution is 6.12. The van der Waals surface area contributed by atoms with Crippen molar-refractivity contribution in [1.29, 1.82) is 0 Å². The normalized spacial score (nSPS) is 12.0. The van der Waals surface area contributed by atoms with E-state index in [9.17, 15) is 0 Å². The molecule has 0 fully saturated rings. The Morgan fingerprint density at radius 3 is 2.33 bits per heavy atom. The van der Waals surface area contributed by atoms with E-state index in [2.05, 4.69) is 81.4 Å². The number of nitrogens with zero attached hydrogens (tertiary/aromatic N) is 1. The summed E-state index contributed by atoms with van der Waals surface area (Å²) in [5, 5.41) is 2.57. The monoisotopic (exact) mass is 349 g/mol. The van der Waals surface area contributed by atoms with Crippen molar-refractivity contribution in [2.45, 2.75) is 27.2 Å². The molecule has 132 valence electrons. The minimum absolute atomic E-state index is 0.636. The zero-order chi connectivity index (χ0) is 18.5. The predicted molar refractivity (Wildman–Crippen MR) is 115 cm³/mol. The average Bonchev–Trinajstić information content (AvgIpc) is 2.77. The highest BCUT2D eigenvalue weighted by Crippen LogP contribution is 2.47. The van der Waals surface area contributed by atoms with Crippen LogP contribution in [0.3, 0.4) is 0 Å². The minimum Gasteiger partial charge on any atom is -0.256 e. The molecule has 1 heterocycles. The first-order valence-electron chi connectivity index (χ1n) is 9.74. The molecule has 1 aliphatic rings. The van der Waals surface area contributed by atoms with Crippen molar-refractivity contribution in [3.8, 4) is 33.5 Å². The highest BCUT2D eigenvalue weighted by Gasteiger charge is 2.22. The summed E-state index contributed by atoms with van der Waals surface area (Å²) in [5.41, 5.74) is 10.2. The van der Waals surface area contributed by atoms with Crippen LogP contribution >= 0.6 is 0 Å². The molecule has 0 spiro atoms. The van der Waals surface area contributed by atoms with Gasteiger partial charge in [-0.1, -0.05) is 74.0 Å². The van der Waals surface area contributed by atoms with Crippen molar-refractivity contribution in [2.75, 3.05) is 0 Å². The Morgan fingerprint density at radius 2 is 1.56 bits per heavy atom. The number of fused-ring (bicyclic) bond motifs is 5. The van der Waals surface area contributed by atoms with E-state index in [4.69, 9.17) is 4.98 Å². The van der Waals surface area contributed by atoms with Crippen LogP contribution in [-0.4, -0.2) is 4.98 Å². The lowest BCUT2D eigenvalue weighted by molar-refractivity contribution is 0.648. The smallest absolute Gasteiger partial charge is 0.0792 e. The molecule has 3 aromatic carbocycles. The van der Waals surface area contributed by atoms with Gasteiger partial charge in [-0.25, -0.2) is 0 Å². The van der Waals surface area contributed by atoms with Crippen LogP contribution in [0, 0.1) is 12.8 Å². The van der Waals surface area contributed by atoms with E-state index >= 15 is 0 Å². The fourth-order valence-corrected chi connectivity index (χ4v) is 4.43. The largest absolute Gasteiger partial charge is 0.256 e. The third-order valence-electron chi connectivity index (χ3n) is 5.50. The molecule has 5 rings (SSSR count). The second-order valence-electron chi connectivity index (χ2n) is 8.09. The van der Waals surface area contributed by atoms with E-state index in [1.807, 2.05) is 6.20 Å². The molecule has 0 aliphatic heterocycles. The number of aryl methyl sites for hydroxylation is 1. The summed E-state index contributed by atoms with van der Waals surface area (Å²) in [6, 6.07) is 22.4. The van der Waals surface area contributed by atoms with Crippen LogP contribution in [0.4, 0.5) is 0 Å². The summed E-state index contributed by atoms with van der Waals surface area (Å²) in [5.74, 6) is 0.636. The molecular formula is C26H23N. The molecule has 0 radical (unpaired) electrons. The Balaban J connectivity index is 1.96. The van der Waals surface area contributed by atoms with Gasteiger partial charge in [-0.2, -0.15) is 0 Å². The summed E-state index contributed by atoms with van der Waals surface area (Å²) in [6.45, 7) is 6.73. The Kier molecular flexibility index (Phi) is 3.65. The van der Waals surface area contributed by atoms with Crippen molar-refractivity contribution in [3.05, 3.63) is 78.0 Å². The fraction of sp³-hybridized carbons (Fsp3) is 0.192. The van der Waals surface area contributed by atoms with Gasteiger partial charge in [0.05, 0.1) is 5.69 Å². The van der Waals surface area contributed by atoms with E-state index in [1.165, 1.54) is 49.7 Å². The molecule has 0 atom stereocenters. The highest BCUT2D eigenvalue weighted by atomic mass is 14.7. The standard InChI is InChI=1S/C26H23N/c1-16(2)12-18-14-19-10-11-27-26-22-9-8-17(3)13-23(22)20-6-4-5-7-21(20)24(15-18)25(19)26/h4-11,13-16H,12H2,1-3H3. The number of pyridine rings is 1. The van der Waals surface area contributed by atoms with Gasteiger partial charge >= 0.3 is 0 Å². The zero-order valence-corrected chi connectivity index (χ0v) is 16.1. The molecule has 0 saturated heterocycles. The summed E-state index contributed by atoms with van der Waals surface area (Å²) in [7, 11) is 0. The minimum atomic E-state index is 0.636. The molecule has 0 amide bonds. The number of hydrogen-bond donors (Lipinski definition) is 0. The molecule has 27 heavy (non-hydrogen) atoms. The molecule has 0 N–H and O–H groups in total. The van der Waals surface area contributed by atoms with Gasteiger partial charge in [0.2, 0.25) is 0 Å². The van der Waals surface area contributed by atoms with Crippen molar-refractivity contribution in [3.63, 3.8) is 0 Å². The Bertz CT molecular complexity index is 1180. The van der Waals surface area contributed by atoms with Gasteiger partial charge in [-0.3, -0.25) is 4.98 Å². The van der Waals surface area contributed by atoms with Crippen LogP contribution in [0.15, 0.2) is 66.9 Å². The molecule has 0 unspecified atom stereocenters. The van der Waals surface area contributed by atoms with Crippen LogP contribution in [-0.2, 0) is 6.42 Å². The van der Waals surface area contributed by atoms with Crippen molar-refractivity contribution in [2.24, 2.45) is 5.92 Å². The predicted octanol–water partition coefficient (Wildman–Crippen LogP) is 7.06. The van der Waals surface area contributed by atoms with Crippen molar-refractivity contribution >= 4 is 10.8 Å². The number of hydrogen-bond acceptors (Lipinski definition) is 1. The summed E-state index contributed by atoms with van der Waals surface area (Å²) in [6.07, 6.45) is 3.05. The Hall–Kier alpha value is -2.93. The lowest BCUT2D eigenvalue weighted by atomic mass is 9.91. The van der Waals surface area contributed by atoms with Crippen LogP contribution in [0.1, 0.15) is 25.0 Å². The van der Waals surface area contributed by atoms with Crippen molar-refractivity contribution in [1.82, 2.24) is 4.98 Å². The second kappa shape index (κ2) is 6.06. The number of aromatic nitrogens is 1. The maximum absolute atomic E-state index is 4.84. The first-order valence-corrected chi connectivity index (χ1v) is 9.74. The van der Waals surface area contributed by atoms with Crippen LogP contribution in [0.25, 0.3) is 44.3 Å². The first-order chi connectivity index (χ1) is 13.1. The van der Waals surface area contributed by atoms with E-state index < -0.39 is 0 Å². The van der Waals surface area contributed by atoms with Gasteiger partial charge in [0.25, 0.3) is 0 Å². The maximum atomic E-state index is 4.84. The summed E-state index contributed by atoms with van der Waals surface area (Å²) < 4.78 is 0. The van der Waals surface area contributed by atoms with Gasteiger partial charge in [0, 0.05) is 17.1 Å². The molecule has 1 aliphatic carbocycles. The van der Waals surface area contributed by atoms with Crippen LogP contribution in [0.5, 0.6) is 0 Å². The average molecular weight is 349 g/mol. The van der Waals surface area contributed by atoms with Gasteiger partial charge < -0.3 is 0 Å². The topological polar surface area (TPSA) is 12.9 Å². The molecule has 4 aromatic rings. The van der Waals surface area contributed by atoms with E-state index in [-0.39, 0.29) is 0 Å².